The predicted molar refractivity (Wildman–Crippen MR) is 80.1 cm³/mol. The second-order valence-corrected chi connectivity index (χ2v) is 5.68. The minimum absolute atomic E-state index is 0.156. The van der Waals surface area contributed by atoms with E-state index in [2.05, 4.69) is 0 Å². The first-order valence-electron chi connectivity index (χ1n) is 6.51. The fourth-order valence-corrected chi connectivity index (χ4v) is 2.80. The number of hydrogen-bond donors (Lipinski definition) is 0. The Kier molecular flexibility index (Phi) is 3.83. The molecule has 0 aliphatic carbocycles. The number of nitrogens with zero attached hydrogens (tertiary/aromatic N) is 1. The molecule has 1 aromatic carbocycles. The molecule has 3 rings (SSSR count). The number of allylic oxidation sites excluding steroid dienone is 1. The zero-order valence-electron chi connectivity index (χ0n) is 11.2. The highest BCUT2D eigenvalue weighted by atomic mass is 32.1. The molecule has 5 heteroatoms. The van der Waals surface area contributed by atoms with Crippen LogP contribution in [0.2, 0.25) is 0 Å². The standard InChI is InChI=1S/C16H13NO3S/c18-15(12-5-2-1-3-6-12)9-13-10-17(16(19)20-13)11-14-7-4-8-21-14/h1-9H,10-11H2/b13-9+. The number of benzene rings is 1. The molecule has 106 valence electrons. The van der Waals surface area contributed by atoms with Crippen molar-refractivity contribution < 1.29 is 14.3 Å². The van der Waals surface area contributed by atoms with Crippen LogP contribution in [0.25, 0.3) is 0 Å². The van der Waals surface area contributed by atoms with Crippen LogP contribution in [-0.4, -0.2) is 23.3 Å². The van der Waals surface area contributed by atoms with E-state index < -0.39 is 6.09 Å². The maximum absolute atomic E-state index is 12.0. The Hall–Kier alpha value is -2.40. The smallest absolute Gasteiger partial charge is 0.413 e. The Balaban J connectivity index is 1.69. The van der Waals surface area contributed by atoms with Gasteiger partial charge in [0.15, 0.2) is 5.78 Å². The van der Waals surface area contributed by atoms with Gasteiger partial charge in [0.2, 0.25) is 0 Å². The Labute approximate surface area is 126 Å². The van der Waals surface area contributed by atoms with Crippen molar-refractivity contribution >= 4 is 23.2 Å². The molecule has 4 nitrogen and oxygen atoms in total. The first kappa shape index (κ1) is 13.6. The summed E-state index contributed by atoms with van der Waals surface area (Å²) in [5.74, 6) is 0.238. The third-order valence-corrected chi connectivity index (χ3v) is 3.96. The Bertz CT molecular complexity index is 677. The van der Waals surface area contributed by atoms with E-state index in [1.165, 1.54) is 6.08 Å². The second kappa shape index (κ2) is 5.93. The lowest BCUT2D eigenvalue weighted by Gasteiger charge is -2.09. The summed E-state index contributed by atoms with van der Waals surface area (Å²) >= 11 is 1.59. The van der Waals surface area contributed by atoms with E-state index in [1.807, 2.05) is 23.6 Å². The van der Waals surface area contributed by atoms with Crippen molar-refractivity contribution in [3.63, 3.8) is 0 Å². The van der Waals surface area contributed by atoms with Gasteiger partial charge >= 0.3 is 6.09 Å². The van der Waals surface area contributed by atoms with Crippen molar-refractivity contribution in [2.24, 2.45) is 0 Å². The Morgan fingerprint density at radius 2 is 2.05 bits per heavy atom. The van der Waals surface area contributed by atoms with E-state index in [9.17, 15) is 9.59 Å². The van der Waals surface area contributed by atoms with E-state index in [0.717, 1.165) is 4.88 Å². The van der Waals surface area contributed by atoms with Gasteiger partial charge in [0.05, 0.1) is 13.1 Å². The van der Waals surface area contributed by atoms with Crippen LogP contribution >= 0.6 is 11.3 Å². The molecule has 0 atom stereocenters. The molecule has 1 saturated heterocycles. The molecule has 0 N–H and O–H groups in total. The average Bonchev–Trinajstić information content (AvgIpc) is 3.11. The number of rotatable bonds is 4. The number of carbonyl (C=O) groups is 2. The maximum atomic E-state index is 12.0. The molecule has 1 fully saturated rings. The van der Waals surface area contributed by atoms with Crippen molar-refractivity contribution in [2.75, 3.05) is 6.54 Å². The van der Waals surface area contributed by atoms with Crippen LogP contribution in [-0.2, 0) is 11.3 Å². The van der Waals surface area contributed by atoms with E-state index >= 15 is 0 Å². The van der Waals surface area contributed by atoms with Crippen molar-refractivity contribution in [1.29, 1.82) is 0 Å². The van der Waals surface area contributed by atoms with Gasteiger partial charge in [0, 0.05) is 16.5 Å². The zero-order chi connectivity index (χ0) is 14.7. The largest absolute Gasteiger partial charge is 0.415 e. The highest BCUT2D eigenvalue weighted by Crippen LogP contribution is 2.20. The Morgan fingerprint density at radius 1 is 1.24 bits per heavy atom. The molecule has 1 aliphatic rings. The summed E-state index contributed by atoms with van der Waals surface area (Å²) in [4.78, 5) is 26.5. The van der Waals surface area contributed by atoms with Crippen LogP contribution in [0, 0.1) is 0 Å². The molecule has 21 heavy (non-hydrogen) atoms. The fourth-order valence-electron chi connectivity index (χ4n) is 2.08. The average molecular weight is 299 g/mol. The van der Waals surface area contributed by atoms with Gasteiger partial charge in [-0.1, -0.05) is 36.4 Å². The van der Waals surface area contributed by atoms with Gasteiger partial charge < -0.3 is 4.74 Å². The van der Waals surface area contributed by atoms with Crippen molar-refractivity contribution in [3.8, 4) is 0 Å². The third-order valence-electron chi connectivity index (χ3n) is 3.10. The number of ether oxygens (including phenoxy) is 1. The number of hydrogen-bond acceptors (Lipinski definition) is 4. The van der Waals surface area contributed by atoms with Crippen LogP contribution in [0.5, 0.6) is 0 Å². The zero-order valence-corrected chi connectivity index (χ0v) is 12.0. The summed E-state index contributed by atoms with van der Waals surface area (Å²) in [6.45, 7) is 0.836. The highest BCUT2D eigenvalue weighted by molar-refractivity contribution is 7.09. The minimum atomic E-state index is -0.407. The molecule has 2 aromatic rings. The topological polar surface area (TPSA) is 46.6 Å². The van der Waals surface area contributed by atoms with Crippen LogP contribution in [0.3, 0.4) is 0 Å². The number of thiophene rings is 1. The molecule has 0 spiro atoms. The molecule has 0 unspecified atom stereocenters. The Morgan fingerprint density at radius 3 is 2.76 bits per heavy atom. The second-order valence-electron chi connectivity index (χ2n) is 4.64. The quantitative estimate of drug-likeness (QED) is 0.641. The monoisotopic (exact) mass is 299 g/mol. The maximum Gasteiger partial charge on any atom is 0.415 e. The molecular weight excluding hydrogens is 286 g/mol. The number of amides is 1. The molecular formula is C16H13NO3S. The fraction of sp³-hybridized carbons (Fsp3) is 0.125. The van der Waals surface area contributed by atoms with Gasteiger partial charge in [-0.05, 0) is 11.4 Å². The van der Waals surface area contributed by atoms with Crippen LogP contribution in [0.4, 0.5) is 4.79 Å². The normalized spacial score (nSPS) is 16.3. The summed E-state index contributed by atoms with van der Waals surface area (Å²) in [6, 6.07) is 12.8. The molecule has 1 aliphatic heterocycles. The SMILES string of the molecule is O=C(/C=C1\CN(Cc2cccs2)C(=O)O1)c1ccccc1. The van der Waals surface area contributed by atoms with Crippen molar-refractivity contribution in [1.82, 2.24) is 4.90 Å². The van der Waals surface area contributed by atoms with E-state index in [1.54, 1.807) is 40.5 Å². The van der Waals surface area contributed by atoms with Crippen LogP contribution < -0.4 is 0 Å². The summed E-state index contributed by atoms with van der Waals surface area (Å²) < 4.78 is 5.15. The molecule has 2 heterocycles. The summed E-state index contributed by atoms with van der Waals surface area (Å²) in [5, 5.41) is 1.96. The molecule has 0 bridgehead atoms. The van der Waals surface area contributed by atoms with Gasteiger partial charge in [-0.25, -0.2) is 4.79 Å². The lowest BCUT2D eigenvalue weighted by molar-refractivity contribution is 0.104. The molecule has 0 radical (unpaired) electrons. The first-order chi connectivity index (χ1) is 10.2. The lowest BCUT2D eigenvalue weighted by Crippen LogP contribution is -2.22. The summed E-state index contributed by atoms with van der Waals surface area (Å²) in [7, 11) is 0. The number of carbonyl (C=O) groups excluding carboxylic acids is 2. The van der Waals surface area contributed by atoms with E-state index in [-0.39, 0.29) is 5.78 Å². The minimum Gasteiger partial charge on any atom is -0.413 e. The first-order valence-corrected chi connectivity index (χ1v) is 7.39. The predicted octanol–water partition coefficient (Wildman–Crippen LogP) is 3.47. The summed E-state index contributed by atoms with van der Waals surface area (Å²) in [5.41, 5.74) is 0.581. The molecule has 0 saturated carbocycles. The highest BCUT2D eigenvalue weighted by Gasteiger charge is 2.27. The number of cyclic esters (lactones) is 1. The van der Waals surface area contributed by atoms with Crippen LogP contribution in [0.15, 0.2) is 59.7 Å². The number of ketones is 1. The van der Waals surface area contributed by atoms with Crippen LogP contribution in [0.1, 0.15) is 15.2 Å². The van der Waals surface area contributed by atoms with Gasteiger partial charge in [-0.3, -0.25) is 9.69 Å². The van der Waals surface area contributed by atoms with Gasteiger partial charge in [-0.15, -0.1) is 11.3 Å². The van der Waals surface area contributed by atoms with Crippen molar-refractivity contribution in [2.45, 2.75) is 6.54 Å². The molecule has 1 aromatic heterocycles. The molecule has 1 amide bonds. The third kappa shape index (κ3) is 3.20. The van der Waals surface area contributed by atoms with Crippen molar-refractivity contribution in [3.05, 3.63) is 70.1 Å². The van der Waals surface area contributed by atoms with E-state index in [0.29, 0.717) is 24.4 Å². The summed E-state index contributed by atoms with van der Waals surface area (Å²) in [6.07, 6.45) is 0.984. The van der Waals surface area contributed by atoms with Gasteiger partial charge in [0.1, 0.15) is 5.76 Å². The van der Waals surface area contributed by atoms with Gasteiger partial charge in [-0.2, -0.15) is 0 Å². The van der Waals surface area contributed by atoms with Gasteiger partial charge in [0.25, 0.3) is 0 Å². The van der Waals surface area contributed by atoms with E-state index in [4.69, 9.17) is 4.74 Å². The lowest BCUT2D eigenvalue weighted by atomic mass is 10.1.